The van der Waals surface area contributed by atoms with Gasteiger partial charge in [-0.1, -0.05) is 13.0 Å². The van der Waals surface area contributed by atoms with Crippen LogP contribution in [0.2, 0.25) is 0 Å². The number of pyridine rings is 1. The summed E-state index contributed by atoms with van der Waals surface area (Å²) >= 11 is 1.64. The molecule has 0 fully saturated rings. The summed E-state index contributed by atoms with van der Waals surface area (Å²) in [5.74, 6) is 2.02. The topological polar surface area (TPSA) is 62.7 Å². The van der Waals surface area contributed by atoms with Crippen molar-refractivity contribution in [3.8, 4) is 0 Å². The number of nitrogens with zero attached hydrogens (tertiary/aromatic N) is 3. The minimum Gasteiger partial charge on any atom is -0.370 e. The fourth-order valence-corrected chi connectivity index (χ4v) is 1.91. The van der Waals surface area contributed by atoms with E-state index >= 15 is 0 Å². The largest absolute Gasteiger partial charge is 0.370 e. The maximum Gasteiger partial charge on any atom is 0.222 e. The third kappa shape index (κ3) is 4.70. The van der Waals surface area contributed by atoms with Gasteiger partial charge >= 0.3 is 0 Å². The van der Waals surface area contributed by atoms with Crippen molar-refractivity contribution < 1.29 is 0 Å². The molecule has 0 aromatic carbocycles. The Labute approximate surface area is 123 Å². The molecule has 2 aromatic heterocycles. The summed E-state index contributed by atoms with van der Waals surface area (Å²) in [4.78, 5) is 13.8. The molecule has 106 valence electrons. The Kier molecular flexibility index (Phi) is 5.61. The van der Waals surface area contributed by atoms with Gasteiger partial charge in [-0.2, -0.15) is 0 Å². The zero-order chi connectivity index (χ0) is 14.2. The summed E-state index contributed by atoms with van der Waals surface area (Å²) in [7, 11) is 0. The molecule has 0 saturated heterocycles. The Morgan fingerprint density at radius 3 is 2.50 bits per heavy atom. The van der Waals surface area contributed by atoms with Crippen LogP contribution >= 0.6 is 11.8 Å². The van der Waals surface area contributed by atoms with Crippen LogP contribution < -0.4 is 10.6 Å². The first kappa shape index (κ1) is 14.6. The van der Waals surface area contributed by atoms with Gasteiger partial charge in [-0.05, 0) is 24.3 Å². The molecule has 0 radical (unpaired) electrons. The van der Waals surface area contributed by atoms with Gasteiger partial charge in [-0.3, -0.25) is 0 Å². The lowest BCUT2D eigenvalue weighted by Gasteiger charge is -2.13. The Hall–Kier alpha value is -1.82. The highest BCUT2D eigenvalue weighted by molar-refractivity contribution is 7.98. The molecule has 2 N–H and O–H groups in total. The van der Waals surface area contributed by atoms with Crippen molar-refractivity contribution in [2.45, 2.75) is 11.8 Å². The van der Waals surface area contributed by atoms with Gasteiger partial charge in [-0.25, -0.2) is 15.0 Å². The number of anilines is 2. The molecular weight excluding hydrogens is 270 g/mol. The maximum absolute atomic E-state index is 4.26. The molecule has 0 saturated carbocycles. The number of aromatic nitrogens is 3. The Balaban J connectivity index is 1.73. The van der Waals surface area contributed by atoms with E-state index in [4.69, 9.17) is 0 Å². The lowest BCUT2D eigenvalue weighted by molar-refractivity contribution is 0.644. The molecule has 2 rings (SSSR count). The van der Waals surface area contributed by atoms with Gasteiger partial charge < -0.3 is 10.6 Å². The van der Waals surface area contributed by atoms with Crippen LogP contribution in [-0.2, 0) is 0 Å². The molecule has 0 aliphatic rings. The Morgan fingerprint density at radius 2 is 1.85 bits per heavy atom. The standard InChI is InChI=1S/C14H19N5S/c1-11(7-16-13-5-3-4-6-15-13)8-17-14-18-9-12(20-2)10-19-14/h3-6,9-11H,7-8H2,1-2H3,(H,15,16)(H,17,18,19). The van der Waals surface area contributed by atoms with E-state index in [-0.39, 0.29) is 0 Å². The molecule has 1 unspecified atom stereocenters. The highest BCUT2D eigenvalue weighted by Gasteiger charge is 2.03. The summed E-state index contributed by atoms with van der Waals surface area (Å²) in [5.41, 5.74) is 0. The molecule has 0 spiro atoms. The fourth-order valence-electron chi connectivity index (χ4n) is 1.60. The zero-order valence-corrected chi connectivity index (χ0v) is 12.5. The molecule has 0 aliphatic heterocycles. The molecular formula is C14H19N5S. The molecule has 6 heteroatoms. The first-order chi connectivity index (χ1) is 9.78. The van der Waals surface area contributed by atoms with Crippen LogP contribution in [0.4, 0.5) is 11.8 Å². The van der Waals surface area contributed by atoms with E-state index in [0.717, 1.165) is 23.8 Å². The molecule has 2 aromatic rings. The van der Waals surface area contributed by atoms with Gasteiger partial charge in [-0.15, -0.1) is 11.8 Å². The smallest absolute Gasteiger partial charge is 0.222 e. The van der Waals surface area contributed by atoms with Crippen molar-refractivity contribution >= 4 is 23.5 Å². The van der Waals surface area contributed by atoms with Crippen molar-refractivity contribution in [2.24, 2.45) is 5.92 Å². The van der Waals surface area contributed by atoms with Crippen LogP contribution in [0.3, 0.4) is 0 Å². The molecule has 1 atom stereocenters. The van der Waals surface area contributed by atoms with Gasteiger partial charge in [0.05, 0.1) is 0 Å². The Bertz CT molecular complexity index is 503. The van der Waals surface area contributed by atoms with Gasteiger partial charge in [0, 0.05) is 36.6 Å². The summed E-state index contributed by atoms with van der Waals surface area (Å²) in [6.07, 6.45) is 7.46. The quantitative estimate of drug-likeness (QED) is 0.764. The monoisotopic (exact) mass is 289 g/mol. The van der Waals surface area contributed by atoms with E-state index in [1.807, 2.05) is 36.8 Å². The third-order valence-corrected chi connectivity index (χ3v) is 3.45. The second-order valence-corrected chi connectivity index (χ2v) is 5.41. The van der Waals surface area contributed by atoms with E-state index in [1.54, 1.807) is 18.0 Å². The minimum absolute atomic E-state index is 0.445. The van der Waals surface area contributed by atoms with E-state index in [0.29, 0.717) is 11.9 Å². The van der Waals surface area contributed by atoms with Crippen LogP contribution in [0.1, 0.15) is 6.92 Å². The first-order valence-electron chi connectivity index (χ1n) is 6.52. The fraction of sp³-hybridized carbons (Fsp3) is 0.357. The van der Waals surface area contributed by atoms with Crippen molar-refractivity contribution in [1.82, 2.24) is 15.0 Å². The number of thioether (sulfide) groups is 1. The number of rotatable bonds is 7. The average molecular weight is 289 g/mol. The maximum atomic E-state index is 4.26. The van der Waals surface area contributed by atoms with Gasteiger partial charge in [0.25, 0.3) is 0 Å². The van der Waals surface area contributed by atoms with E-state index in [1.165, 1.54) is 0 Å². The molecule has 0 amide bonds. The minimum atomic E-state index is 0.445. The SMILES string of the molecule is CSc1cnc(NCC(C)CNc2ccccn2)nc1. The average Bonchev–Trinajstić information content (AvgIpc) is 2.52. The second-order valence-electron chi connectivity index (χ2n) is 4.53. The van der Waals surface area contributed by atoms with Crippen LogP contribution in [0.5, 0.6) is 0 Å². The highest BCUT2D eigenvalue weighted by Crippen LogP contribution is 2.12. The zero-order valence-electron chi connectivity index (χ0n) is 11.7. The molecule has 0 aliphatic carbocycles. The third-order valence-electron chi connectivity index (χ3n) is 2.77. The summed E-state index contributed by atoms with van der Waals surface area (Å²) in [6.45, 7) is 3.84. The van der Waals surface area contributed by atoms with Gasteiger partial charge in [0.2, 0.25) is 5.95 Å². The molecule has 20 heavy (non-hydrogen) atoms. The number of hydrogen-bond donors (Lipinski definition) is 2. The number of nitrogens with one attached hydrogen (secondary N) is 2. The van der Waals surface area contributed by atoms with E-state index in [9.17, 15) is 0 Å². The number of hydrogen-bond acceptors (Lipinski definition) is 6. The van der Waals surface area contributed by atoms with Crippen LogP contribution in [0.25, 0.3) is 0 Å². The molecule has 5 nitrogen and oxygen atoms in total. The second kappa shape index (κ2) is 7.69. The first-order valence-corrected chi connectivity index (χ1v) is 7.75. The summed E-state index contributed by atoms with van der Waals surface area (Å²) in [6, 6.07) is 5.84. The summed E-state index contributed by atoms with van der Waals surface area (Å²) in [5, 5.41) is 6.54. The van der Waals surface area contributed by atoms with Crippen molar-refractivity contribution in [3.05, 3.63) is 36.8 Å². The van der Waals surface area contributed by atoms with Gasteiger partial charge in [0.1, 0.15) is 5.82 Å². The highest BCUT2D eigenvalue weighted by atomic mass is 32.2. The lowest BCUT2D eigenvalue weighted by Crippen LogP contribution is -2.20. The van der Waals surface area contributed by atoms with Crippen molar-refractivity contribution in [2.75, 3.05) is 30.0 Å². The predicted molar refractivity (Wildman–Crippen MR) is 84.2 cm³/mol. The van der Waals surface area contributed by atoms with Crippen LogP contribution in [-0.4, -0.2) is 34.3 Å². The van der Waals surface area contributed by atoms with E-state index < -0.39 is 0 Å². The lowest BCUT2D eigenvalue weighted by atomic mass is 10.2. The van der Waals surface area contributed by atoms with Crippen molar-refractivity contribution in [1.29, 1.82) is 0 Å². The van der Waals surface area contributed by atoms with E-state index in [2.05, 4.69) is 32.5 Å². The Morgan fingerprint density at radius 1 is 1.10 bits per heavy atom. The van der Waals surface area contributed by atoms with Gasteiger partial charge in [0.15, 0.2) is 0 Å². The van der Waals surface area contributed by atoms with Crippen molar-refractivity contribution in [3.63, 3.8) is 0 Å². The predicted octanol–water partition coefficient (Wildman–Crippen LogP) is 2.75. The molecule has 0 bridgehead atoms. The van der Waals surface area contributed by atoms with Crippen LogP contribution in [0, 0.1) is 5.92 Å². The summed E-state index contributed by atoms with van der Waals surface area (Å²) < 4.78 is 0. The normalized spacial score (nSPS) is 11.9. The molecule has 2 heterocycles. The van der Waals surface area contributed by atoms with Crippen LogP contribution in [0.15, 0.2) is 41.7 Å².